The normalized spacial score (nSPS) is 26.4. The van der Waals surface area contributed by atoms with Gasteiger partial charge in [0.2, 0.25) is 5.91 Å². The fourth-order valence-corrected chi connectivity index (χ4v) is 4.23. The van der Waals surface area contributed by atoms with Crippen LogP contribution in [0.15, 0.2) is 24.3 Å². The third kappa shape index (κ3) is 2.82. The Labute approximate surface area is 136 Å². The second-order valence-corrected chi connectivity index (χ2v) is 7.16. The van der Waals surface area contributed by atoms with Crippen molar-refractivity contribution >= 4 is 11.6 Å². The molecule has 23 heavy (non-hydrogen) atoms. The molecule has 1 saturated carbocycles. The van der Waals surface area contributed by atoms with E-state index in [0.29, 0.717) is 11.3 Å². The van der Waals surface area contributed by atoms with Gasteiger partial charge < -0.3 is 15.1 Å². The van der Waals surface area contributed by atoms with Crippen molar-refractivity contribution in [1.82, 2.24) is 10.2 Å². The number of anilines is 1. The molecule has 2 heterocycles. The molecular weight excluding hydrogens is 293 g/mol. The summed E-state index contributed by atoms with van der Waals surface area (Å²) in [4.78, 5) is 17.0. The highest BCUT2D eigenvalue weighted by Crippen LogP contribution is 2.59. The number of nitrogens with zero attached hydrogens (tertiary/aromatic N) is 2. The number of nitrogens with one attached hydrogen (secondary N) is 1. The number of hydrogen-bond donors (Lipinski definition) is 1. The van der Waals surface area contributed by atoms with Crippen LogP contribution in [0.5, 0.6) is 0 Å². The van der Waals surface area contributed by atoms with Gasteiger partial charge in [-0.1, -0.05) is 0 Å². The summed E-state index contributed by atoms with van der Waals surface area (Å²) in [6, 6.07) is 6.63. The predicted molar refractivity (Wildman–Crippen MR) is 87.8 cm³/mol. The minimum absolute atomic E-state index is 0.205. The molecule has 5 heteroatoms. The summed E-state index contributed by atoms with van der Waals surface area (Å²) >= 11 is 0. The predicted octanol–water partition coefficient (Wildman–Crippen LogP) is 1.86. The summed E-state index contributed by atoms with van der Waals surface area (Å²) in [6.45, 7) is 5.34. The number of halogens is 1. The highest BCUT2D eigenvalue weighted by molar-refractivity contribution is 5.83. The first kappa shape index (κ1) is 14.9. The van der Waals surface area contributed by atoms with Crippen molar-refractivity contribution in [2.75, 3.05) is 44.2 Å². The summed E-state index contributed by atoms with van der Waals surface area (Å²) < 4.78 is 13.0. The van der Waals surface area contributed by atoms with Crippen LogP contribution in [-0.2, 0) is 4.79 Å². The van der Waals surface area contributed by atoms with E-state index in [9.17, 15) is 9.18 Å². The van der Waals surface area contributed by atoms with Gasteiger partial charge in [0.25, 0.3) is 0 Å². The third-order valence-corrected chi connectivity index (χ3v) is 5.87. The Bertz CT molecular complexity index is 574. The SMILES string of the molecule is O=C(C1CC12CCNCC2)N1CCN(c2ccc(F)cc2)CC1. The van der Waals surface area contributed by atoms with E-state index < -0.39 is 0 Å². The molecule has 1 atom stereocenters. The van der Waals surface area contributed by atoms with E-state index >= 15 is 0 Å². The van der Waals surface area contributed by atoms with E-state index in [2.05, 4.69) is 10.2 Å². The highest BCUT2D eigenvalue weighted by atomic mass is 19.1. The third-order valence-electron chi connectivity index (χ3n) is 5.87. The highest BCUT2D eigenvalue weighted by Gasteiger charge is 2.58. The van der Waals surface area contributed by atoms with Crippen LogP contribution in [0.1, 0.15) is 19.3 Å². The molecule has 1 unspecified atom stereocenters. The van der Waals surface area contributed by atoms with Crippen molar-refractivity contribution in [1.29, 1.82) is 0 Å². The van der Waals surface area contributed by atoms with E-state index in [0.717, 1.165) is 64.2 Å². The zero-order chi connectivity index (χ0) is 15.9. The van der Waals surface area contributed by atoms with Gasteiger partial charge in [0, 0.05) is 37.8 Å². The standard InChI is InChI=1S/C18H24FN3O/c19-14-1-3-15(4-2-14)21-9-11-22(12-10-21)17(23)16-13-18(16)5-7-20-8-6-18/h1-4,16,20H,5-13H2. The number of rotatable bonds is 2. The topological polar surface area (TPSA) is 35.6 Å². The Morgan fingerprint density at radius 1 is 1.09 bits per heavy atom. The maximum atomic E-state index is 13.0. The Morgan fingerprint density at radius 3 is 2.39 bits per heavy atom. The lowest BCUT2D eigenvalue weighted by atomic mass is 9.91. The van der Waals surface area contributed by atoms with Crippen molar-refractivity contribution in [2.45, 2.75) is 19.3 Å². The summed E-state index contributed by atoms with van der Waals surface area (Å²) in [5, 5.41) is 3.39. The van der Waals surface area contributed by atoms with Crippen LogP contribution >= 0.6 is 0 Å². The number of hydrogen-bond acceptors (Lipinski definition) is 3. The minimum atomic E-state index is -0.205. The molecule has 4 rings (SSSR count). The van der Waals surface area contributed by atoms with E-state index in [1.165, 1.54) is 12.1 Å². The summed E-state index contributed by atoms with van der Waals surface area (Å²) in [5.74, 6) is 0.427. The molecule has 0 radical (unpaired) electrons. The van der Waals surface area contributed by atoms with Crippen LogP contribution in [0.3, 0.4) is 0 Å². The average molecular weight is 317 g/mol. The lowest BCUT2D eigenvalue weighted by Crippen LogP contribution is -2.49. The van der Waals surface area contributed by atoms with Gasteiger partial charge in [0.05, 0.1) is 0 Å². The molecule has 2 saturated heterocycles. The maximum absolute atomic E-state index is 13.0. The number of benzene rings is 1. The zero-order valence-electron chi connectivity index (χ0n) is 13.4. The van der Waals surface area contributed by atoms with E-state index in [4.69, 9.17) is 0 Å². The fraction of sp³-hybridized carbons (Fsp3) is 0.611. The Kier molecular flexibility index (Phi) is 3.76. The van der Waals surface area contributed by atoms with E-state index in [1.54, 1.807) is 0 Å². The molecule has 1 spiro atoms. The molecule has 4 nitrogen and oxygen atoms in total. The zero-order valence-corrected chi connectivity index (χ0v) is 13.4. The molecule has 0 bridgehead atoms. The second-order valence-electron chi connectivity index (χ2n) is 7.16. The molecule has 1 aromatic carbocycles. The molecule has 124 valence electrons. The summed E-state index contributed by atoms with van der Waals surface area (Å²) in [7, 11) is 0. The Hall–Kier alpha value is -1.62. The van der Waals surface area contributed by atoms with Crippen molar-refractivity contribution in [3.63, 3.8) is 0 Å². The van der Waals surface area contributed by atoms with Crippen LogP contribution in [-0.4, -0.2) is 50.1 Å². The molecule has 1 aromatic rings. The molecular formula is C18H24FN3O. The quantitative estimate of drug-likeness (QED) is 0.904. The number of amides is 1. The van der Waals surface area contributed by atoms with Crippen molar-refractivity contribution < 1.29 is 9.18 Å². The molecule has 1 aliphatic carbocycles. The van der Waals surface area contributed by atoms with E-state index in [1.807, 2.05) is 17.0 Å². The first-order valence-electron chi connectivity index (χ1n) is 8.68. The Balaban J connectivity index is 1.33. The van der Waals surface area contributed by atoms with Gasteiger partial charge in [0.1, 0.15) is 5.82 Å². The lowest BCUT2D eigenvalue weighted by Gasteiger charge is -2.37. The molecule has 3 aliphatic rings. The monoisotopic (exact) mass is 317 g/mol. The summed E-state index contributed by atoms with van der Waals surface area (Å²) in [5.41, 5.74) is 1.36. The molecule has 3 fully saturated rings. The molecule has 1 amide bonds. The second kappa shape index (κ2) is 5.78. The van der Waals surface area contributed by atoms with Crippen molar-refractivity contribution in [2.24, 2.45) is 11.3 Å². The first-order chi connectivity index (χ1) is 11.2. The van der Waals surface area contributed by atoms with Crippen molar-refractivity contribution in [3.05, 3.63) is 30.1 Å². The smallest absolute Gasteiger partial charge is 0.226 e. The average Bonchev–Trinajstić information content (AvgIpc) is 3.28. The van der Waals surface area contributed by atoms with Gasteiger partial charge in [-0.05, 0) is 62.0 Å². The molecule has 2 aliphatic heterocycles. The number of carbonyl (C=O) groups is 1. The minimum Gasteiger partial charge on any atom is -0.368 e. The Morgan fingerprint density at radius 2 is 1.74 bits per heavy atom. The van der Waals surface area contributed by atoms with Gasteiger partial charge in [-0.25, -0.2) is 4.39 Å². The van der Waals surface area contributed by atoms with Crippen LogP contribution in [0, 0.1) is 17.2 Å². The number of piperazine rings is 1. The van der Waals surface area contributed by atoms with Gasteiger partial charge in [0.15, 0.2) is 0 Å². The maximum Gasteiger partial charge on any atom is 0.226 e. The number of piperidine rings is 1. The van der Waals surface area contributed by atoms with Gasteiger partial charge in [-0.2, -0.15) is 0 Å². The molecule has 0 aromatic heterocycles. The van der Waals surface area contributed by atoms with E-state index in [-0.39, 0.29) is 11.7 Å². The molecule has 1 N–H and O–H groups in total. The fourth-order valence-electron chi connectivity index (χ4n) is 4.23. The number of carbonyl (C=O) groups excluding carboxylic acids is 1. The van der Waals surface area contributed by atoms with Crippen LogP contribution < -0.4 is 10.2 Å². The largest absolute Gasteiger partial charge is 0.368 e. The lowest BCUT2D eigenvalue weighted by molar-refractivity contribution is -0.133. The van der Waals surface area contributed by atoms with Gasteiger partial charge >= 0.3 is 0 Å². The van der Waals surface area contributed by atoms with Gasteiger partial charge in [-0.3, -0.25) is 4.79 Å². The van der Waals surface area contributed by atoms with Crippen molar-refractivity contribution in [3.8, 4) is 0 Å². The first-order valence-corrected chi connectivity index (χ1v) is 8.68. The summed E-state index contributed by atoms with van der Waals surface area (Å²) in [6.07, 6.45) is 3.39. The van der Waals surface area contributed by atoms with Gasteiger partial charge in [-0.15, -0.1) is 0 Å². The van der Waals surface area contributed by atoms with Crippen LogP contribution in [0.2, 0.25) is 0 Å². The van der Waals surface area contributed by atoms with Crippen LogP contribution in [0.25, 0.3) is 0 Å². The van der Waals surface area contributed by atoms with Crippen LogP contribution in [0.4, 0.5) is 10.1 Å².